The molecular weight excluding hydrogens is 228 g/mol. The van der Waals surface area contributed by atoms with Crippen LogP contribution in [0.3, 0.4) is 0 Å². The predicted molar refractivity (Wildman–Crippen MR) is 70.1 cm³/mol. The Morgan fingerprint density at radius 2 is 2.11 bits per heavy atom. The zero-order valence-corrected chi connectivity index (χ0v) is 10.1. The first kappa shape index (κ1) is 12.3. The van der Waals surface area contributed by atoms with Gasteiger partial charge < -0.3 is 10.4 Å². The summed E-state index contributed by atoms with van der Waals surface area (Å²) in [7, 11) is 0. The number of anilines is 1. The molecule has 1 heterocycles. The fourth-order valence-electron chi connectivity index (χ4n) is 1.75. The van der Waals surface area contributed by atoms with E-state index in [0.29, 0.717) is 5.82 Å². The summed E-state index contributed by atoms with van der Waals surface area (Å²) >= 11 is 0. The van der Waals surface area contributed by atoms with E-state index in [2.05, 4.69) is 10.3 Å². The average molecular weight is 242 g/mol. The van der Waals surface area contributed by atoms with Crippen molar-refractivity contribution < 1.29 is 9.90 Å². The van der Waals surface area contributed by atoms with Gasteiger partial charge in [-0.15, -0.1) is 0 Å². The first-order chi connectivity index (χ1) is 8.70. The van der Waals surface area contributed by atoms with Crippen LogP contribution in [0.1, 0.15) is 5.56 Å². The van der Waals surface area contributed by atoms with Gasteiger partial charge in [-0.3, -0.25) is 4.79 Å². The molecule has 0 radical (unpaired) electrons. The summed E-state index contributed by atoms with van der Waals surface area (Å²) in [5.41, 5.74) is 3.24. The molecule has 1 aromatic heterocycles. The van der Waals surface area contributed by atoms with Crippen molar-refractivity contribution in [2.24, 2.45) is 0 Å². The molecular formula is C14H14N2O2. The van der Waals surface area contributed by atoms with Gasteiger partial charge in [-0.2, -0.15) is 0 Å². The van der Waals surface area contributed by atoms with E-state index < -0.39 is 12.5 Å². The number of hydrogen-bond acceptors (Lipinski definition) is 3. The number of aromatic nitrogens is 1. The summed E-state index contributed by atoms with van der Waals surface area (Å²) in [6, 6.07) is 11.7. The van der Waals surface area contributed by atoms with Gasteiger partial charge in [0.15, 0.2) is 0 Å². The molecule has 0 atom stereocenters. The number of carbonyl (C=O) groups is 1. The molecule has 0 aliphatic carbocycles. The normalized spacial score (nSPS) is 10.1. The molecule has 1 aromatic carbocycles. The lowest BCUT2D eigenvalue weighted by Gasteiger charge is -2.08. The van der Waals surface area contributed by atoms with Gasteiger partial charge in [0.1, 0.15) is 12.4 Å². The lowest BCUT2D eigenvalue weighted by Crippen LogP contribution is -2.16. The van der Waals surface area contributed by atoms with E-state index in [0.717, 1.165) is 16.7 Å². The van der Waals surface area contributed by atoms with Crippen molar-refractivity contribution in [1.29, 1.82) is 0 Å². The molecule has 0 fully saturated rings. The number of hydrogen-bond donors (Lipinski definition) is 2. The third-order valence-electron chi connectivity index (χ3n) is 2.63. The van der Waals surface area contributed by atoms with Crippen molar-refractivity contribution in [2.75, 3.05) is 11.9 Å². The van der Waals surface area contributed by atoms with Crippen LogP contribution in [0.5, 0.6) is 0 Å². The first-order valence-electron chi connectivity index (χ1n) is 5.63. The van der Waals surface area contributed by atoms with Gasteiger partial charge in [-0.05, 0) is 35.7 Å². The van der Waals surface area contributed by atoms with Crippen molar-refractivity contribution in [3.05, 3.63) is 48.2 Å². The number of aryl methyl sites for hydroxylation is 1. The van der Waals surface area contributed by atoms with Crippen LogP contribution in [-0.2, 0) is 4.79 Å². The smallest absolute Gasteiger partial charge is 0.251 e. The van der Waals surface area contributed by atoms with Crippen LogP contribution in [0.4, 0.5) is 5.82 Å². The lowest BCUT2D eigenvalue weighted by atomic mass is 10.0. The molecule has 0 saturated heterocycles. The van der Waals surface area contributed by atoms with Crippen LogP contribution >= 0.6 is 0 Å². The minimum atomic E-state index is -0.545. The molecule has 0 saturated carbocycles. The predicted octanol–water partition coefficient (Wildman–Crippen LogP) is 1.99. The van der Waals surface area contributed by atoms with Crippen LogP contribution in [0.2, 0.25) is 0 Å². The number of aliphatic hydroxyl groups excluding tert-OH is 1. The highest BCUT2D eigenvalue weighted by atomic mass is 16.3. The summed E-state index contributed by atoms with van der Waals surface area (Å²) in [6.45, 7) is 1.48. The highest BCUT2D eigenvalue weighted by Gasteiger charge is 2.05. The van der Waals surface area contributed by atoms with E-state index in [1.165, 1.54) is 0 Å². The van der Waals surface area contributed by atoms with Crippen LogP contribution in [0.25, 0.3) is 11.1 Å². The highest BCUT2D eigenvalue weighted by molar-refractivity contribution is 5.91. The second kappa shape index (κ2) is 5.42. The van der Waals surface area contributed by atoms with E-state index >= 15 is 0 Å². The van der Waals surface area contributed by atoms with Crippen LogP contribution in [0, 0.1) is 6.92 Å². The minimum absolute atomic E-state index is 0.440. The summed E-state index contributed by atoms with van der Waals surface area (Å²) in [5.74, 6) is -0.0285. The van der Waals surface area contributed by atoms with Crippen molar-refractivity contribution in [3.63, 3.8) is 0 Å². The molecule has 18 heavy (non-hydrogen) atoms. The molecule has 0 bridgehead atoms. The van der Waals surface area contributed by atoms with Crippen molar-refractivity contribution in [2.45, 2.75) is 6.92 Å². The Hall–Kier alpha value is -2.20. The summed E-state index contributed by atoms with van der Waals surface area (Å²) in [5, 5.41) is 11.2. The van der Waals surface area contributed by atoms with Crippen LogP contribution in [0.15, 0.2) is 42.6 Å². The highest BCUT2D eigenvalue weighted by Crippen LogP contribution is 2.24. The number of amides is 1. The number of nitrogens with zero attached hydrogens (tertiary/aromatic N) is 1. The van der Waals surface area contributed by atoms with Gasteiger partial charge in [0.05, 0.1) is 0 Å². The SMILES string of the molecule is Cc1ccccc1-c1ccnc(NC(=O)CO)c1. The Labute approximate surface area is 105 Å². The van der Waals surface area contributed by atoms with Gasteiger partial charge in [0, 0.05) is 6.20 Å². The first-order valence-corrected chi connectivity index (χ1v) is 5.63. The van der Waals surface area contributed by atoms with Gasteiger partial charge in [0.2, 0.25) is 0 Å². The largest absolute Gasteiger partial charge is 0.387 e. The van der Waals surface area contributed by atoms with Gasteiger partial charge in [-0.1, -0.05) is 24.3 Å². The number of nitrogens with one attached hydrogen (secondary N) is 1. The molecule has 92 valence electrons. The Morgan fingerprint density at radius 1 is 1.33 bits per heavy atom. The summed E-state index contributed by atoms with van der Waals surface area (Å²) in [4.78, 5) is 15.1. The Balaban J connectivity index is 2.33. The molecule has 0 aliphatic rings. The van der Waals surface area contributed by atoms with E-state index in [1.54, 1.807) is 12.3 Å². The maximum absolute atomic E-state index is 11.1. The number of aliphatic hydroxyl groups is 1. The fourth-order valence-corrected chi connectivity index (χ4v) is 1.75. The minimum Gasteiger partial charge on any atom is -0.387 e. The fraction of sp³-hybridized carbons (Fsp3) is 0.143. The Morgan fingerprint density at radius 3 is 2.83 bits per heavy atom. The van der Waals surface area contributed by atoms with Gasteiger partial charge in [0.25, 0.3) is 5.91 Å². The molecule has 0 spiro atoms. The maximum atomic E-state index is 11.1. The number of pyridine rings is 1. The van der Waals surface area contributed by atoms with E-state index in [1.807, 2.05) is 37.3 Å². The molecule has 0 aliphatic heterocycles. The third kappa shape index (κ3) is 2.73. The third-order valence-corrected chi connectivity index (χ3v) is 2.63. The molecule has 1 amide bonds. The number of carbonyl (C=O) groups excluding carboxylic acids is 1. The van der Waals surface area contributed by atoms with Crippen LogP contribution < -0.4 is 5.32 Å². The average Bonchev–Trinajstić information content (AvgIpc) is 2.39. The maximum Gasteiger partial charge on any atom is 0.251 e. The second-order valence-corrected chi connectivity index (χ2v) is 3.95. The monoisotopic (exact) mass is 242 g/mol. The topological polar surface area (TPSA) is 62.2 Å². The zero-order chi connectivity index (χ0) is 13.0. The summed E-state index contributed by atoms with van der Waals surface area (Å²) in [6.07, 6.45) is 1.63. The zero-order valence-electron chi connectivity index (χ0n) is 10.1. The molecule has 4 nitrogen and oxygen atoms in total. The summed E-state index contributed by atoms with van der Waals surface area (Å²) < 4.78 is 0. The van der Waals surface area contributed by atoms with Crippen molar-refractivity contribution >= 4 is 11.7 Å². The van der Waals surface area contributed by atoms with Crippen molar-refractivity contribution in [1.82, 2.24) is 4.98 Å². The number of rotatable bonds is 3. The molecule has 2 N–H and O–H groups in total. The molecule has 4 heteroatoms. The Bertz CT molecular complexity index is 567. The van der Waals surface area contributed by atoms with Crippen LogP contribution in [-0.4, -0.2) is 22.6 Å². The molecule has 2 rings (SSSR count). The van der Waals surface area contributed by atoms with E-state index in [-0.39, 0.29) is 0 Å². The van der Waals surface area contributed by atoms with Gasteiger partial charge in [-0.25, -0.2) is 4.98 Å². The quantitative estimate of drug-likeness (QED) is 0.865. The standard InChI is InChI=1S/C14H14N2O2/c1-10-4-2-3-5-12(10)11-6-7-15-13(8-11)16-14(18)9-17/h2-8,17H,9H2,1H3,(H,15,16,18). The molecule has 2 aromatic rings. The van der Waals surface area contributed by atoms with E-state index in [4.69, 9.17) is 5.11 Å². The second-order valence-electron chi connectivity index (χ2n) is 3.95. The lowest BCUT2D eigenvalue weighted by molar-refractivity contribution is -0.118. The Kier molecular flexibility index (Phi) is 3.69. The van der Waals surface area contributed by atoms with Crippen molar-refractivity contribution in [3.8, 4) is 11.1 Å². The number of benzene rings is 1. The molecule has 0 unspecified atom stereocenters. The van der Waals surface area contributed by atoms with Gasteiger partial charge >= 0.3 is 0 Å². The van der Waals surface area contributed by atoms with E-state index in [9.17, 15) is 4.79 Å².